The Bertz CT molecular complexity index is 662. The summed E-state index contributed by atoms with van der Waals surface area (Å²) in [4.78, 5) is 26.4. The van der Waals surface area contributed by atoms with Crippen molar-refractivity contribution in [1.29, 1.82) is 0 Å². The highest BCUT2D eigenvalue weighted by Crippen LogP contribution is 2.09. The second kappa shape index (κ2) is 4.40. The van der Waals surface area contributed by atoms with Gasteiger partial charge in [0.15, 0.2) is 0 Å². The number of aryl methyl sites for hydroxylation is 1. The van der Waals surface area contributed by atoms with Gasteiger partial charge in [-0.15, -0.1) is 0 Å². The van der Waals surface area contributed by atoms with Crippen molar-refractivity contribution in [2.24, 2.45) is 0 Å². The number of aromatic carboxylic acids is 1. The molecule has 0 bridgehead atoms. The standard InChI is InChI=1S/C12H9FN2O3/c1-7-6-14-10(12(17)18)11(16)15(7)9-4-2-8(13)3-5-9/h2-6H,1H3,(H,17,18). The minimum absolute atomic E-state index is 0.392. The first kappa shape index (κ1) is 12.0. The second-order valence-electron chi connectivity index (χ2n) is 3.67. The van der Waals surface area contributed by atoms with Gasteiger partial charge in [-0.05, 0) is 31.2 Å². The van der Waals surface area contributed by atoms with Gasteiger partial charge in [0, 0.05) is 17.6 Å². The number of carboxylic acids is 1. The lowest BCUT2D eigenvalue weighted by Crippen LogP contribution is -2.28. The summed E-state index contributed by atoms with van der Waals surface area (Å²) in [5.74, 6) is -1.83. The number of hydrogen-bond donors (Lipinski definition) is 1. The van der Waals surface area contributed by atoms with Crippen molar-refractivity contribution in [2.45, 2.75) is 6.92 Å². The number of halogens is 1. The van der Waals surface area contributed by atoms with E-state index in [9.17, 15) is 14.0 Å². The normalized spacial score (nSPS) is 10.3. The summed E-state index contributed by atoms with van der Waals surface area (Å²) in [6.45, 7) is 1.61. The minimum atomic E-state index is -1.39. The summed E-state index contributed by atoms with van der Waals surface area (Å²) in [7, 11) is 0. The highest BCUT2D eigenvalue weighted by atomic mass is 19.1. The number of benzene rings is 1. The zero-order valence-electron chi connectivity index (χ0n) is 9.42. The van der Waals surface area contributed by atoms with Crippen molar-refractivity contribution in [2.75, 3.05) is 0 Å². The van der Waals surface area contributed by atoms with Crippen molar-refractivity contribution in [3.63, 3.8) is 0 Å². The summed E-state index contributed by atoms with van der Waals surface area (Å²) in [6.07, 6.45) is 1.29. The second-order valence-corrected chi connectivity index (χ2v) is 3.67. The highest BCUT2D eigenvalue weighted by molar-refractivity contribution is 5.84. The van der Waals surface area contributed by atoms with Crippen LogP contribution in [0.5, 0.6) is 0 Å². The van der Waals surface area contributed by atoms with Crippen molar-refractivity contribution in [3.05, 3.63) is 58.0 Å². The predicted octanol–water partition coefficient (Wildman–Crippen LogP) is 1.38. The first-order valence-corrected chi connectivity index (χ1v) is 5.08. The monoisotopic (exact) mass is 248 g/mol. The third kappa shape index (κ3) is 2.00. The third-order valence-electron chi connectivity index (χ3n) is 2.43. The first-order valence-electron chi connectivity index (χ1n) is 5.08. The molecule has 0 unspecified atom stereocenters. The lowest BCUT2D eigenvalue weighted by atomic mass is 10.3. The Morgan fingerprint density at radius 3 is 2.50 bits per heavy atom. The van der Waals surface area contributed by atoms with E-state index in [-0.39, 0.29) is 0 Å². The van der Waals surface area contributed by atoms with Crippen LogP contribution in [0.25, 0.3) is 5.69 Å². The van der Waals surface area contributed by atoms with Crippen molar-refractivity contribution in [1.82, 2.24) is 9.55 Å². The summed E-state index contributed by atoms with van der Waals surface area (Å²) in [5, 5.41) is 8.84. The van der Waals surface area contributed by atoms with Crippen LogP contribution in [0, 0.1) is 12.7 Å². The number of nitrogens with zero attached hydrogens (tertiary/aromatic N) is 2. The quantitative estimate of drug-likeness (QED) is 0.871. The smallest absolute Gasteiger partial charge is 0.360 e. The molecular weight excluding hydrogens is 239 g/mol. The number of hydrogen-bond acceptors (Lipinski definition) is 3. The largest absolute Gasteiger partial charge is 0.476 e. The molecule has 0 atom stereocenters. The molecule has 0 radical (unpaired) electrons. The molecule has 0 aliphatic heterocycles. The van der Waals surface area contributed by atoms with Crippen LogP contribution in [0.4, 0.5) is 4.39 Å². The van der Waals surface area contributed by atoms with Crippen molar-refractivity contribution in [3.8, 4) is 5.69 Å². The molecule has 0 aliphatic rings. The van der Waals surface area contributed by atoms with Gasteiger partial charge in [-0.2, -0.15) is 0 Å². The van der Waals surface area contributed by atoms with E-state index < -0.39 is 23.0 Å². The maximum atomic E-state index is 12.8. The Kier molecular flexibility index (Phi) is 2.93. The Balaban J connectivity index is 2.71. The fourth-order valence-corrected chi connectivity index (χ4v) is 1.59. The zero-order valence-corrected chi connectivity index (χ0v) is 9.42. The molecule has 18 heavy (non-hydrogen) atoms. The zero-order chi connectivity index (χ0) is 13.3. The fraction of sp³-hybridized carbons (Fsp3) is 0.0833. The molecule has 6 heteroatoms. The van der Waals surface area contributed by atoms with Gasteiger partial charge < -0.3 is 5.11 Å². The minimum Gasteiger partial charge on any atom is -0.476 e. The molecular formula is C12H9FN2O3. The maximum absolute atomic E-state index is 12.8. The van der Waals surface area contributed by atoms with Gasteiger partial charge in [-0.25, -0.2) is 14.2 Å². The molecule has 1 heterocycles. The van der Waals surface area contributed by atoms with E-state index in [4.69, 9.17) is 5.11 Å². The van der Waals surface area contributed by atoms with E-state index in [1.54, 1.807) is 6.92 Å². The van der Waals surface area contributed by atoms with E-state index in [0.717, 1.165) is 0 Å². The molecule has 2 aromatic rings. The Hall–Kier alpha value is -2.50. The maximum Gasteiger partial charge on any atom is 0.360 e. The molecule has 5 nitrogen and oxygen atoms in total. The van der Waals surface area contributed by atoms with Gasteiger partial charge in [-0.1, -0.05) is 0 Å². The molecule has 0 saturated carbocycles. The molecule has 1 aromatic heterocycles. The van der Waals surface area contributed by atoms with Crippen LogP contribution in [-0.2, 0) is 0 Å². The van der Waals surface area contributed by atoms with E-state index in [1.165, 1.54) is 35.0 Å². The van der Waals surface area contributed by atoms with Crippen LogP contribution in [0.15, 0.2) is 35.3 Å². The molecule has 2 rings (SSSR count). The van der Waals surface area contributed by atoms with Crippen LogP contribution in [0.2, 0.25) is 0 Å². The van der Waals surface area contributed by atoms with Crippen LogP contribution < -0.4 is 5.56 Å². The summed E-state index contributed by atoms with van der Waals surface area (Å²) >= 11 is 0. The lowest BCUT2D eigenvalue weighted by Gasteiger charge is -2.09. The number of aromatic nitrogens is 2. The van der Waals surface area contributed by atoms with Crippen LogP contribution in [0.1, 0.15) is 16.2 Å². The van der Waals surface area contributed by atoms with Crippen molar-refractivity contribution >= 4 is 5.97 Å². The van der Waals surface area contributed by atoms with Gasteiger partial charge in [0.25, 0.3) is 5.56 Å². The summed E-state index contributed by atoms with van der Waals surface area (Å²) < 4.78 is 14.0. The molecule has 1 aromatic carbocycles. The Labute approximate surface area is 101 Å². The van der Waals surface area contributed by atoms with Crippen LogP contribution in [-0.4, -0.2) is 20.6 Å². The molecule has 0 spiro atoms. The van der Waals surface area contributed by atoms with E-state index in [0.29, 0.717) is 11.4 Å². The van der Waals surface area contributed by atoms with Gasteiger partial charge in [0.2, 0.25) is 5.69 Å². The highest BCUT2D eigenvalue weighted by Gasteiger charge is 2.15. The van der Waals surface area contributed by atoms with Gasteiger partial charge in [0.1, 0.15) is 5.82 Å². The lowest BCUT2D eigenvalue weighted by molar-refractivity contribution is 0.0688. The van der Waals surface area contributed by atoms with Gasteiger partial charge in [0.05, 0.1) is 0 Å². The average Bonchev–Trinajstić information content (AvgIpc) is 2.31. The average molecular weight is 248 g/mol. The SMILES string of the molecule is Cc1cnc(C(=O)O)c(=O)n1-c1ccc(F)cc1. The van der Waals surface area contributed by atoms with Gasteiger partial charge in [-0.3, -0.25) is 9.36 Å². The summed E-state index contributed by atoms with van der Waals surface area (Å²) in [6, 6.07) is 5.19. The van der Waals surface area contributed by atoms with Crippen molar-refractivity contribution < 1.29 is 14.3 Å². The summed E-state index contributed by atoms with van der Waals surface area (Å²) in [5.41, 5.74) is -0.445. The topological polar surface area (TPSA) is 72.2 Å². The van der Waals surface area contributed by atoms with E-state index >= 15 is 0 Å². The van der Waals surface area contributed by atoms with E-state index in [2.05, 4.69) is 4.98 Å². The third-order valence-corrected chi connectivity index (χ3v) is 2.43. The predicted molar refractivity (Wildman–Crippen MR) is 61.5 cm³/mol. The molecule has 0 aliphatic carbocycles. The van der Waals surface area contributed by atoms with Gasteiger partial charge >= 0.3 is 5.97 Å². The Morgan fingerprint density at radius 1 is 1.33 bits per heavy atom. The number of rotatable bonds is 2. The first-order chi connectivity index (χ1) is 8.50. The fourth-order valence-electron chi connectivity index (χ4n) is 1.59. The molecule has 0 fully saturated rings. The molecule has 1 N–H and O–H groups in total. The number of carboxylic acid groups (broad SMARTS) is 1. The molecule has 0 saturated heterocycles. The molecule has 92 valence electrons. The Morgan fingerprint density at radius 2 is 1.94 bits per heavy atom. The van der Waals surface area contributed by atoms with Crippen LogP contribution >= 0.6 is 0 Å². The van der Waals surface area contributed by atoms with Crippen LogP contribution in [0.3, 0.4) is 0 Å². The molecule has 0 amide bonds. The van der Waals surface area contributed by atoms with E-state index in [1.807, 2.05) is 0 Å². The number of carbonyl (C=O) groups is 1.